The van der Waals surface area contributed by atoms with Crippen LogP contribution in [0.3, 0.4) is 0 Å². The number of ether oxygens (including phenoxy) is 1. The molecule has 190 valence electrons. The molecular weight excluding hydrogens is 476 g/mol. The molecule has 0 bridgehead atoms. The average Bonchev–Trinajstić information content (AvgIpc) is 3.28. The van der Waals surface area contributed by atoms with Crippen molar-refractivity contribution in [1.29, 1.82) is 0 Å². The number of benzene rings is 2. The third kappa shape index (κ3) is 4.80. The minimum Gasteiger partial charge on any atom is -0.489 e. The summed E-state index contributed by atoms with van der Waals surface area (Å²) in [4.78, 5) is 26.2. The van der Waals surface area contributed by atoms with E-state index in [-0.39, 0.29) is 12.3 Å². The highest BCUT2D eigenvalue weighted by Gasteiger charge is 2.27. The average molecular weight is 505 g/mol. The summed E-state index contributed by atoms with van der Waals surface area (Å²) in [6.45, 7) is 0.296. The first-order valence-corrected chi connectivity index (χ1v) is 12.8. The summed E-state index contributed by atoms with van der Waals surface area (Å²) in [6.07, 6.45) is 9.06. The second-order valence-electron chi connectivity index (χ2n) is 9.50. The molecule has 1 fully saturated rings. The van der Waals surface area contributed by atoms with E-state index in [4.69, 9.17) is 15.5 Å². The lowest BCUT2D eigenvalue weighted by Gasteiger charge is -2.23. The molecule has 1 aliphatic carbocycles. The summed E-state index contributed by atoms with van der Waals surface area (Å²) in [5.74, 6) is 2.52. The Balaban J connectivity index is 1.21. The van der Waals surface area contributed by atoms with Crippen molar-refractivity contribution in [1.82, 2.24) is 19.4 Å². The van der Waals surface area contributed by atoms with E-state index in [0.29, 0.717) is 29.8 Å². The van der Waals surface area contributed by atoms with Crippen molar-refractivity contribution in [2.24, 2.45) is 0 Å². The second kappa shape index (κ2) is 10.3. The molecule has 0 radical (unpaired) electrons. The molecule has 38 heavy (non-hydrogen) atoms. The van der Waals surface area contributed by atoms with Gasteiger partial charge in [-0.25, -0.2) is 9.97 Å². The number of carbonyl (C=O) groups excluding carboxylic acids is 1. The lowest BCUT2D eigenvalue weighted by Crippen LogP contribution is -2.16. The third-order valence-corrected chi connectivity index (χ3v) is 6.94. The summed E-state index contributed by atoms with van der Waals surface area (Å²) < 4.78 is 8.26. The normalized spacial score (nSPS) is 13.3. The van der Waals surface area contributed by atoms with Gasteiger partial charge in [0.2, 0.25) is 5.91 Å². The van der Waals surface area contributed by atoms with Gasteiger partial charge in [-0.05, 0) is 43.2 Å². The molecule has 1 saturated carbocycles. The molecule has 1 aliphatic rings. The first kappa shape index (κ1) is 23.7. The van der Waals surface area contributed by atoms with Gasteiger partial charge in [0.15, 0.2) is 0 Å². The largest absolute Gasteiger partial charge is 0.489 e. The molecule has 5 aromatic rings. The minimum absolute atomic E-state index is 0.127. The minimum atomic E-state index is -0.127. The molecule has 6 rings (SSSR count). The highest BCUT2D eigenvalue weighted by molar-refractivity contribution is 5.92. The SMILES string of the molecule is Nc1nccn2c(C3CCC3)nc(-c3cccc(OCc4ccccc4NC(=O)Cc4ccccn4)c3)c12. The van der Waals surface area contributed by atoms with Crippen LogP contribution < -0.4 is 15.8 Å². The zero-order valence-corrected chi connectivity index (χ0v) is 20.9. The van der Waals surface area contributed by atoms with E-state index in [1.165, 1.54) is 6.42 Å². The summed E-state index contributed by atoms with van der Waals surface area (Å²) in [6, 6.07) is 21.0. The van der Waals surface area contributed by atoms with Crippen molar-refractivity contribution < 1.29 is 9.53 Å². The number of pyridine rings is 1. The van der Waals surface area contributed by atoms with Gasteiger partial charge in [0.1, 0.15) is 35.2 Å². The molecule has 3 aromatic heterocycles. The zero-order valence-electron chi connectivity index (χ0n) is 20.9. The number of nitrogen functional groups attached to an aromatic ring is 1. The molecule has 0 saturated heterocycles. The Hall–Kier alpha value is -4.72. The maximum absolute atomic E-state index is 12.6. The van der Waals surface area contributed by atoms with Crippen LogP contribution >= 0.6 is 0 Å². The smallest absolute Gasteiger partial charge is 0.230 e. The Labute approximate surface area is 220 Å². The molecule has 3 heterocycles. The summed E-state index contributed by atoms with van der Waals surface area (Å²) in [5.41, 5.74) is 11.2. The number of nitrogens with zero attached hydrogens (tertiary/aromatic N) is 4. The van der Waals surface area contributed by atoms with Gasteiger partial charge in [-0.15, -0.1) is 0 Å². The van der Waals surface area contributed by atoms with E-state index >= 15 is 0 Å². The highest BCUT2D eigenvalue weighted by atomic mass is 16.5. The van der Waals surface area contributed by atoms with Gasteiger partial charge in [-0.1, -0.05) is 42.8 Å². The van der Waals surface area contributed by atoms with Crippen molar-refractivity contribution >= 4 is 22.9 Å². The molecule has 8 heteroatoms. The fraction of sp³-hybridized carbons (Fsp3) is 0.200. The predicted octanol–water partition coefficient (Wildman–Crippen LogP) is 5.40. The number of aromatic nitrogens is 4. The van der Waals surface area contributed by atoms with Crippen molar-refractivity contribution in [3.63, 3.8) is 0 Å². The summed E-state index contributed by atoms with van der Waals surface area (Å²) in [5, 5.41) is 2.99. The van der Waals surface area contributed by atoms with Crippen molar-refractivity contribution in [3.05, 3.63) is 102 Å². The summed E-state index contributed by atoms with van der Waals surface area (Å²) >= 11 is 0. The fourth-order valence-corrected chi connectivity index (χ4v) is 4.77. The topological polar surface area (TPSA) is 107 Å². The number of imidazole rings is 1. The number of nitrogens with two attached hydrogens (primary N) is 1. The van der Waals surface area contributed by atoms with Gasteiger partial charge in [0.25, 0.3) is 0 Å². The molecular formula is C30H28N6O2. The maximum Gasteiger partial charge on any atom is 0.230 e. The quantitative estimate of drug-likeness (QED) is 0.293. The molecule has 3 N–H and O–H groups in total. The van der Waals surface area contributed by atoms with Crippen molar-refractivity contribution in [3.8, 4) is 17.0 Å². The van der Waals surface area contributed by atoms with Crippen LogP contribution in [0.15, 0.2) is 85.3 Å². The first-order valence-electron chi connectivity index (χ1n) is 12.8. The molecule has 0 aliphatic heterocycles. The Kier molecular flexibility index (Phi) is 6.44. The van der Waals surface area contributed by atoms with Crippen LogP contribution in [0.4, 0.5) is 11.5 Å². The third-order valence-electron chi connectivity index (χ3n) is 6.94. The van der Waals surface area contributed by atoms with E-state index in [1.54, 1.807) is 12.4 Å². The van der Waals surface area contributed by atoms with E-state index in [2.05, 4.69) is 19.7 Å². The Morgan fingerprint density at radius 2 is 1.89 bits per heavy atom. The Morgan fingerprint density at radius 1 is 1.03 bits per heavy atom. The van der Waals surface area contributed by atoms with Crippen LogP contribution in [-0.2, 0) is 17.8 Å². The van der Waals surface area contributed by atoms with Crippen LogP contribution in [-0.4, -0.2) is 25.3 Å². The molecule has 0 spiro atoms. The Bertz CT molecular complexity index is 1590. The lowest BCUT2D eigenvalue weighted by atomic mass is 9.85. The molecule has 0 atom stereocenters. The number of anilines is 2. The van der Waals surface area contributed by atoms with E-state index in [9.17, 15) is 4.79 Å². The van der Waals surface area contributed by atoms with Gasteiger partial charge in [0, 0.05) is 47.0 Å². The maximum atomic E-state index is 12.6. The van der Waals surface area contributed by atoms with Gasteiger partial charge in [-0.3, -0.25) is 14.2 Å². The number of amides is 1. The van der Waals surface area contributed by atoms with Crippen LogP contribution in [0.2, 0.25) is 0 Å². The molecule has 2 aromatic carbocycles. The van der Waals surface area contributed by atoms with Gasteiger partial charge in [0.05, 0.1) is 6.42 Å². The highest BCUT2D eigenvalue weighted by Crippen LogP contribution is 2.39. The van der Waals surface area contributed by atoms with Gasteiger partial charge < -0.3 is 15.8 Å². The fourth-order valence-electron chi connectivity index (χ4n) is 4.77. The first-order chi connectivity index (χ1) is 18.7. The van der Waals surface area contributed by atoms with Crippen LogP contribution in [0.1, 0.15) is 42.3 Å². The van der Waals surface area contributed by atoms with Crippen molar-refractivity contribution in [2.45, 2.75) is 38.2 Å². The number of hydrogen-bond acceptors (Lipinski definition) is 6. The van der Waals surface area contributed by atoms with Crippen molar-refractivity contribution in [2.75, 3.05) is 11.1 Å². The monoisotopic (exact) mass is 504 g/mol. The van der Waals surface area contributed by atoms with Gasteiger partial charge in [-0.2, -0.15) is 0 Å². The van der Waals surface area contributed by atoms with Crippen LogP contribution in [0, 0.1) is 0 Å². The zero-order chi connectivity index (χ0) is 25.9. The number of rotatable bonds is 8. The number of para-hydroxylation sites is 1. The summed E-state index contributed by atoms with van der Waals surface area (Å²) in [7, 11) is 0. The second-order valence-corrected chi connectivity index (χ2v) is 9.50. The van der Waals surface area contributed by atoms with Crippen LogP contribution in [0.5, 0.6) is 5.75 Å². The molecule has 8 nitrogen and oxygen atoms in total. The molecule has 1 amide bonds. The van der Waals surface area contributed by atoms with Gasteiger partial charge >= 0.3 is 0 Å². The number of hydrogen-bond donors (Lipinski definition) is 2. The van der Waals surface area contributed by atoms with E-state index in [1.807, 2.05) is 72.9 Å². The number of nitrogens with one attached hydrogen (secondary N) is 1. The van der Waals surface area contributed by atoms with E-state index in [0.717, 1.165) is 46.7 Å². The number of carbonyl (C=O) groups is 1. The number of fused-ring (bicyclic) bond motifs is 1. The predicted molar refractivity (Wildman–Crippen MR) is 147 cm³/mol. The lowest BCUT2D eigenvalue weighted by molar-refractivity contribution is -0.115. The Morgan fingerprint density at radius 3 is 2.71 bits per heavy atom. The molecule has 0 unspecified atom stereocenters. The van der Waals surface area contributed by atoms with Crippen LogP contribution in [0.25, 0.3) is 16.8 Å². The standard InChI is InChI=1S/C30H28N6O2/c31-29-28-27(35-30(20-8-5-9-20)36(28)16-15-33-29)21-10-6-12-24(17-21)38-19-22-7-1-2-13-25(22)34-26(37)18-23-11-3-4-14-32-23/h1-4,6-7,10-17,20H,5,8-9,18-19H2,(H2,31,33)(H,34,37). The van der Waals surface area contributed by atoms with E-state index < -0.39 is 0 Å².